The molecule has 0 unspecified atom stereocenters. The summed E-state index contributed by atoms with van der Waals surface area (Å²) in [6.07, 6.45) is 0. The lowest BCUT2D eigenvalue weighted by Gasteiger charge is -2.16. The highest BCUT2D eigenvalue weighted by molar-refractivity contribution is 6.05. The molecule has 8 heteroatoms. The Morgan fingerprint density at radius 3 is 2.15 bits per heavy atom. The molecule has 0 aliphatic rings. The van der Waals surface area contributed by atoms with Crippen molar-refractivity contribution in [3.05, 3.63) is 53.6 Å². The number of carbonyl (C=O) groups is 2. The van der Waals surface area contributed by atoms with E-state index in [-0.39, 0.29) is 23.0 Å². The zero-order valence-corrected chi connectivity index (χ0v) is 15.6. The standard InChI is InChI=1S/C19H22F2N4O2/c1-11(2)22-19(27)24-13-7-5-6-12(8-13)18(26)23-14-9-15(20)17(25(3)4)16(21)10-14/h5-11H,1-4H3,(H,23,26)(H2,22,24,27). The van der Waals surface area contributed by atoms with Crippen molar-refractivity contribution in [2.75, 3.05) is 29.6 Å². The van der Waals surface area contributed by atoms with Crippen molar-refractivity contribution in [3.8, 4) is 0 Å². The monoisotopic (exact) mass is 376 g/mol. The van der Waals surface area contributed by atoms with Gasteiger partial charge in [-0.3, -0.25) is 4.79 Å². The van der Waals surface area contributed by atoms with E-state index in [1.54, 1.807) is 12.1 Å². The summed E-state index contributed by atoms with van der Waals surface area (Å²) >= 11 is 0. The van der Waals surface area contributed by atoms with Gasteiger partial charge in [0.1, 0.15) is 5.69 Å². The summed E-state index contributed by atoms with van der Waals surface area (Å²) < 4.78 is 28.1. The molecule has 2 rings (SSSR count). The van der Waals surface area contributed by atoms with Crippen molar-refractivity contribution in [3.63, 3.8) is 0 Å². The molecule has 0 aliphatic heterocycles. The van der Waals surface area contributed by atoms with Gasteiger partial charge in [-0.25, -0.2) is 13.6 Å². The van der Waals surface area contributed by atoms with Gasteiger partial charge >= 0.3 is 6.03 Å². The molecule has 2 aromatic carbocycles. The summed E-state index contributed by atoms with van der Waals surface area (Å²) in [6, 6.07) is 7.89. The van der Waals surface area contributed by atoms with Gasteiger partial charge in [-0.2, -0.15) is 0 Å². The van der Waals surface area contributed by atoms with Gasteiger partial charge in [-0.15, -0.1) is 0 Å². The largest absolute Gasteiger partial charge is 0.373 e. The van der Waals surface area contributed by atoms with Crippen LogP contribution in [0.25, 0.3) is 0 Å². The first-order chi connectivity index (χ1) is 12.7. The zero-order valence-electron chi connectivity index (χ0n) is 15.6. The molecular weight excluding hydrogens is 354 g/mol. The molecule has 0 fully saturated rings. The molecule has 6 nitrogen and oxygen atoms in total. The fourth-order valence-corrected chi connectivity index (χ4v) is 2.44. The maximum atomic E-state index is 14.0. The average Bonchev–Trinajstić information content (AvgIpc) is 2.53. The number of amides is 3. The summed E-state index contributed by atoms with van der Waals surface area (Å²) in [5.74, 6) is -2.12. The lowest BCUT2D eigenvalue weighted by molar-refractivity contribution is 0.102. The first-order valence-electron chi connectivity index (χ1n) is 8.32. The number of hydrogen-bond donors (Lipinski definition) is 3. The SMILES string of the molecule is CC(C)NC(=O)Nc1cccc(C(=O)Nc2cc(F)c(N(C)C)c(F)c2)c1. The predicted molar refractivity (Wildman–Crippen MR) is 102 cm³/mol. The number of carbonyl (C=O) groups excluding carboxylic acids is 2. The summed E-state index contributed by atoms with van der Waals surface area (Å²) in [4.78, 5) is 25.4. The number of urea groups is 1. The number of anilines is 3. The average molecular weight is 376 g/mol. The number of benzene rings is 2. The summed E-state index contributed by atoms with van der Waals surface area (Å²) in [6.45, 7) is 3.65. The molecule has 0 heterocycles. The molecule has 0 aliphatic carbocycles. The quantitative estimate of drug-likeness (QED) is 0.743. The number of halogens is 2. The van der Waals surface area contributed by atoms with Crippen LogP contribution < -0.4 is 20.9 Å². The van der Waals surface area contributed by atoms with Crippen molar-refractivity contribution < 1.29 is 18.4 Å². The highest BCUT2D eigenvalue weighted by Crippen LogP contribution is 2.26. The fraction of sp³-hybridized carbons (Fsp3) is 0.263. The Kier molecular flexibility index (Phi) is 6.33. The second-order valence-corrected chi connectivity index (χ2v) is 6.47. The van der Waals surface area contributed by atoms with E-state index in [0.717, 1.165) is 12.1 Å². The van der Waals surface area contributed by atoms with Crippen LogP contribution in [0.2, 0.25) is 0 Å². The third kappa shape index (κ3) is 5.40. The normalized spacial score (nSPS) is 10.5. The van der Waals surface area contributed by atoms with Gasteiger partial charge in [-0.05, 0) is 44.2 Å². The van der Waals surface area contributed by atoms with Crippen LogP contribution in [-0.4, -0.2) is 32.1 Å². The second-order valence-electron chi connectivity index (χ2n) is 6.47. The molecule has 144 valence electrons. The molecule has 0 spiro atoms. The van der Waals surface area contributed by atoms with Gasteiger partial charge in [0.05, 0.1) is 0 Å². The second kappa shape index (κ2) is 8.48. The highest BCUT2D eigenvalue weighted by Gasteiger charge is 2.15. The summed E-state index contributed by atoms with van der Waals surface area (Å²) in [5, 5.41) is 7.74. The third-order valence-electron chi connectivity index (χ3n) is 3.52. The van der Waals surface area contributed by atoms with Crippen LogP contribution in [0.4, 0.5) is 30.6 Å². The summed E-state index contributed by atoms with van der Waals surface area (Å²) in [5.41, 5.74) is 0.461. The molecular formula is C19H22F2N4O2. The number of nitrogens with zero attached hydrogens (tertiary/aromatic N) is 1. The van der Waals surface area contributed by atoms with Crippen LogP contribution in [-0.2, 0) is 0 Å². The van der Waals surface area contributed by atoms with E-state index in [1.165, 1.54) is 31.1 Å². The maximum absolute atomic E-state index is 14.0. The zero-order chi connectivity index (χ0) is 20.1. The van der Waals surface area contributed by atoms with Gasteiger partial charge in [0.25, 0.3) is 5.91 Å². The lowest BCUT2D eigenvalue weighted by atomic mass is 10.1. The minimum atomic E-state index is -0.781. The molecule has 27 heavy (non-hydrogen) atoms. The molecule has 2 aromatic rings. The van der Waals surface area contributed by atoms with Crippen LogP contribution >= 0.6 is 0 Å². The van der Waals surface area contributed by atoms with Crippen LogP contribution in [0.3, 0.4) is 0 Å². The Morgan fingerprint density at radius 1 is 0.963 bits per heavy atom. The maximum Gasteiger partial charge on any atom is 0.319 e. The minimum Gasteiger partial charge on any atom is -0.373 e. The Balaban J connectivity index is 2.15. The van der Waals surface area contributed by atoms with E-state index in [0.29, 0.717) is 5.69 Å². The van der Waals surface area contributed by atoms with Crippen molar-refractivity contribution >= 4 is 29.0 Å². The van der Waals surface area contributed by atoms with Crippen LogP contribution in [0, 0.1) is 11.6 Å². The van der Waals surface area contributed by atoms with Crippen molar-refractivity contribution in [1.29, 1.82) is 0 Å². The molecule has 0 saturated carbocycles. The number of hydrogen-bond acceptors (Lipinski definition) is 3. The van der Waals surface area contributed by atoms with Crippen molar-refractivity contribution in [2.24, 2.45) is 0 Å². The molecule has 0 radical (unpaired) electrons. The molecule has 0 aromatic heterocycles. The first-order valence-corrected chi connectivity index (χ1v) is 8.32. The predicted octanol–water partition coefficient (Wildman–Crippen LogP) is 3.81. The van der Waals surface area contributed by atoms with Gasteiger partial charge < -0.3 is 20.9 Å². The van der Waals surface area contributed by atoms with E-state index in [1.807, 2.05) is 13.8 Å². The Labute approximate surface area is 156 Å². The van der Waals surface area contributed by atoms with E-state index >= 15 is 0 Å². The lowest BCUT2D eigenvalue weighted by Crippen LogP contribution is -2.34. The van der Waals surface area contributed by atoms with Gasteiger partial charge in [0.2, 0.25) is 0 Å². The van der Waals surface area contributed by atoms with Gasteiger partial charge in [0.15, 0.2) is 11.6 Å². The van der Waals surface area contributed by atoms with E-state index in [9.17, 15) is 18.4 Å². The molecule has 0 saturated heterocycles. The van der Waals surface area contributed by atoms with Crippen molar-refractivity contribution in [2.45, 2.75) is 19.9 Å². The third-order valence-corrected chi connectivity index (χ3v) is 3.52. The van der Waals surface area contributed by atoms with Gasteiger partial charge in [-0.1, -0.05) is 6.07 Å². The van der Waals surface area contributed by atoms with Gasteiger partial charge in [0, 0.05) is 37.1 Å². The first kappa shape index (κ1) is 20.2. The molecule has 3 N–H and O–H groups in total. The van der Waals surface area contributed by atoms with Crippen LogP contribution in [0.15, 0.2) is 36.4 Å². The number of rotatable bonds is 5. The van der Waals surface area contributed by atoms with Crippen LogP contribution in [0.1, 0.15) is 24.2 Å². The minimum absolute atomic E-state index is 0.00323. The molecule has 0 atom stereocenters. The van der Waals surface area contributed by atoms with Crippen molar-refractivity contribution in [1.82, 2.24) is 5.32 Å². The number of nitrogens with one attached hydrogen (secondary N) is 3. The Morgan fingerprint density at radius 2 is 1.59 bits per heavy atom. The van der Waals surface area contributed by atoms with Crippen LogP contribution in [0.5, 0.6) is 0 Å². The fourth-order valence-electron chi connectivity index (χ4n) is 2.44. The van der Waals surface area contributed by atoms with E-state index in [4.69, 9.17) is 0 Å². The molecule has 0 bridgehead atoms. The topological polar surface area (TPSA) is 73.5 Å². The molecule has 3 amide bonds. The Bertz CT molecular complexity index is 830. The van der Waals surface area contributed by atoms with E-state index in [2.05, 4.69) is 16.0 Å². The smallest absolute Gasteiger partial charge is 0.319 e. The highest BCUT2D eigenvalue weighted by atomic mass is 19.1. The van der Waals surface area contributed by atoms with E-state index < -0.39 is 23.6 Å². The Hall–Kier alpha value is -3.16. The summed E-state index contributed by atoms with van der Waals surface area (Å²) in [7, 11) is 3.04.